The predicted octanol–water partition coefficient (Wildman–Crippen LogP) is 3.60. The lowest BCUT2D eigenvalue weighted by atomic mass is 9.84. The molecule has 0 unspecified atom stereocenters. The van der Waals surface area contributed by atoms with E-state index in [2.05, 4.69) is 28.0 Å². The molecule has 3 rings (SSSR count). The van der Waals surface area contributed by atoms with Gasteiger partial charge in [0.25, 0.3) is 0 Å². The highest BCUT2D eigenvalue weighted by atomic mass is 15.2. The van der Waals surface area contributed by atoms with Gasteiger partial charge in [-0.1, -0.05) is 13.3 Å². The summed E-state index contributed by atoms with van der Waals surface area (Å²) in [6.07, 6.45) is 13.5. The van der Waals surface area contributed by atoms with Gasteiger partial charge in [-0.05, 0) is 44.4 Å². The van der Waals surface area contributed by atoms with Gasteiger partial charge in [0, 0.05) is 24.5 Å². The monoisotopic (exact) mass is 233 g/mol. The maximum Gasteiger partial charge on any atom is 0.203 e. The van der Waals surface area contributed by atoms with Crippen molar-refractivity contribution in [2.75, 3.05) is 5.32 Å². The van der Waals surface area contributed by atoms with Crippen LogP contribution in [0.2, 0.25) is 0 Å². The molecule has 1 aromatic rings. The van der Waals surface area contributed by atoms with E-state index in [-0.39, 0.29) is 0 Å². The molecular formula is C14H23N3. The average molecular weight is 233 g/mol. The van der Waals surface area contributed by atoms with E-state index in [1.165, 1.54) is 44.9 Å². The lowest BCUT2D eigenvalue weighted by Gasteiger charge is -2.29. The number of nitrogens with zero attached hydrogens (tertiary/aromatic N) is 2. The fourth-order valence-corrected chi connectivity index (χ4v) is 2.96. The minimum absolute atomic E-state index is 0.682. The molecule has 2 aliphatic carbocycles. The summed E-state index contributed by atoms with van der Waals surface area (Å²) in [5.41, 5.74) is 0. The Morgan fingerprint density at radius 2 is 2.00 bits per heavy atom. The SMILES string of the molecule is CCC1CCC(n2ccnc2NC2CC2)CC1. The van der Waals surface area contributed by atoms with E-state index in [0.29, 0.717) is 12.1 Å². The fourth-order valence-electron chi connectivity index (χ4n) is 2.96. The molecule has 0 aliphatic heterocycles. The number of imidazole rings is 1. The van der Waals surface area contributed by atoms with E-state index in [0.717, 1.165) is 11.9 Å². The number of hydrogen-bond acceptors (Lipinski definition) is 2. The van der Waals surface area contributed by atoms with Gasteiger partial charge in [0.2, 0.25) is 5.95 Å². The first-order chi connectivity index (χ1) is 8.36. The van der Waals surface area contributed by atoms with Crippen molar-refractivity contribution in [3.05, 3.63) is 12.4 Å². The summed E-state index contributed by atoms with van der Waals surface area (Å²) in [7, 11) is 0. The molecule has 0 bridgehead atoms. The molecule has 1 N–H and O–H groups in total. The first kappa shape index (κ1) is 11.1. The molecule has 94 valence electrons. The molecule has 1 aromatic heterocycles. The van der Waals surface area contributed by atoms with Gasteiger partial charge >= 0.3 is 0 Å². The number of rotatable bonds is 4. The first-order valence-electron chi connectivity index (χ1n) is 7.16. The second kappa shape index (κ2) is 4.71. The fraction of sp³-hybridized carbons (Fsp3) is 0.786. The van der Waals surface area contributed by atoms with Crippen LogP contribution in [0.5, 0.6) is 0 Å². The number of anilines is 1. The van der Waals surface area contributed by atoms with E-state index in [1.807, 2.05) is 6.20 Å². The lowest BCUT2D eigenvalue weighted by Crippen LogP contribution is -2.19. The Morgan fingerprint density at radius 1 is 1.24 bits per heavy atom. The zero-order valence-electron chi connectivity index (χ0n) is 10.7. The van der Waals surface area contributed by atoms with Gasteiger partial charge in [0.15, 0.2) is 0 Å². The topological polar surface area (TPSA) is 29.9 Å². The third-order valence-electron chi connectivity index (χ3n) is 4.37. The minimum atomic E-state index is 0.682. The van der Waals surface area contributed by atoms with E-state index >= 15 is 0 Å². The van der Waals surface area contributed by atoms with Crippen LogP contribution in [0, 0.1) is 5.92 Å². The van der Waals surface area contributed by atoms with Crippen molar-refractivity contribution in [1.82, 2.24) is 9.55 Å². The summed E-state index contributed by atoms with van der Waals surface area (Å²) >= 11 is 0. The standard InChI is InChI=1S/C14H23N3/c1-2-11-3-7-13(8-4-11)17-10-9-15-14(17)16-12-5-6-12/h9-13H,2-8H2,1H3,(H,15,16). The maximum atomic E-state index is 4.46. The van der Waals surface area contributed by atoms with Crippen LogP contribution in [-0.2, 0) is 0 Å². The predicted molar refractivity (Wildman–Crippen MR) is 70.2 cm³/mol. The molecule has 0 aromatic carbocycles. The largest absolute Gasteiger partial charge is 0.353 e. The average Bonchev–Trinajstić information content (AvgIpc) is 3.06. The van der Waals surface area contributed by atoms with Crippen LogP contribution in [0.3, 0.4) is 0 Å². The third-order valence-corrected chi connectivity index (χ3v) is 4.37. The molecule has 2 fully saturated rings. The molecule has 17 heavy (non-hydrogen) atoms. The van der Waals surface area contributed by atoms with E-state index in [9.17, 15) is 0 Å². The van der Waals surface area contributed by atoms with Crippen LogP contribution in [0.15, 0.2) is 12.4 Å². The molecule has 3 heteroatoms. The van der Waals surface area contributed by atoms with E-state index < -0.39 is 0 Å². The van der Waals surface area contributed by atoms with Crippen molar-refractivity contribution < 1.29 is 0 Å². The van der Waals surface area contributed by atoms with Crippen molar-refractivity contribution in [1.29, 1.82) is 0 Å². The van der Waals surface area contributed by atoms with E-state index in [1.54, 1.807) is 0 Å². The molecule has 0 atom stereocenters. The van der Waals surface area contributed by atoms with E-state index in [4.69, 9.17) is 0 Å². The van der Waals surface area contributed by atoms with Crippen molar-refractivity contribution in [2.45, 2.75) is 64.0 Å². The van der Waals surface area contributed by atoms with Crippen molar-refractivity contribution in [2.24, 2.45) is 5.92 Å². The van der Waals surface area contributed by atoms with Crippen LogP contribution in [0.25, 0.3) is 0 Å². The van der Waals surface area contributed by atoms with Crippen LogP contribution in [0.4, 0.5) is 5.95 Å². The Hall–Kier alpha value is -0.990. The molecule has 1 heterocycles. The van der Waals surface area contributed by atoms with Crippen LogP contribution in [0.1, 0.15) is 57.9 Å². The highest BCUT2D eigenvalue weighted by Crippen LogP contribution is 2.35. The number of nitrogens with one attached hydrogen (secondary N) is 1. The van der Waals surface area contributed by atoms with Gasteiger partial charge in [0.1, 0.15) is 0 Å². The summed E-state index contributed by atoms with van der Waals surface area (Å²) in [6.45, 7) is 2.32. The summed E-state index contributed by atoms with van der Waals surface area (Å²) in [4.78, 5) is 4.46. The zero-order valence-corrected chi connectivity index (χ0v) is 10.7. The summed E-state index contributed by atoms with van der Waals surface area (Å²) < 4.78 is 2.38. The molecule has 0 spiro atoms. The van der Waals surface area contributed by atoms with Crippen LogP contribution >= 0.6 is 0 Å². The summed E-state index contributed by atoms with van der Waals surface area (Å²) in [5, 5.41) is 3.54. The Labute approximate surface area is 104 Å². The number of hydrogen-bond donors (Lipinski definition) is 1. The highest BCUT2D eigenvalue weighted by Gasteiger charge is 2.26. The second-order valence-corrected chi connectivity index (χ2v) is 5.66. The lowest BCUT2D eigenvalue weighted by molar-refractivity contribution is 0.271. The molecule has 0 radical (unpaired) electrons. The zero-order chi connectivity index (χ0) is 11.7. The smallest absolute Gasteiger partial charge is 0.203 e. The number of aromatic nitrogens is 2. The molecule has 3 nitrogen and oxygen atoms in total. The summed E-state index contributed by atoms with van der Waals surface area (Å²) in [5.74, 6) is 2.07. The minimum Gasteiger partial charge on any atom is -0.353 e. The van der Waals surface area contributed by atoms with Crippen LogP contribution in [-0.4, -0.2) is 15.6 Å². The van der Waals surface area contributed by atoms with Crippen molar-refractivity contribution in [3.8, 4) is 0 Å². The summed E-state index contributed by atoms with van der Waals surface area (Å²) in [6, 6.07) is 1.38. The van der Waals surface area contributed by atoms with Crippen LogP contribution < -0.4 is 5.32 Å². The molecule has 2 saturated carbocycles. The van der Waals surface area contributed by atoms with Gasteiger partial charge < -0.3 is 9.88 Å². The maximum absolute atomic E-state index is 4.46. The van der Waals surface area contributed by atoms with Gasteiger partial charge in [0.05, 0.1) is 0 Å². The van der Waals surface area contributed by atoms with Crippen molar-refractivity contribution in [3.63, 3.8) is 0 Å². The van der Waals surface area contributed by atoms with Gasteiger partial charge in [-0.2, -0.15) is 0 Å². The Balaban J connectivity index is 1.65. The highest BCUT2D eigenvalue weighted by molar-refractivity contribution is 5.30. The second-order valence-electron chi connectivity index (χ2n) is 5.66. The molecule has 0 saturated heterocycles. The molecule has 0 amide bonds. The van der Waals surface area contributed by atoms with Gasteiger partial charge in [-0.15, -0.1) is 0 Å². The van der Waals surface area contributed by atoms with Gasteiger partial charge in [-0.3, -0.25) is 0 Å². The molecule has 2 aliphatic rings. The van der Waals surface area contributed by atoms with Gasteiger partial charge in [-0.25, -0.2) is 4.98 Å². The first-order valence-corrected chi connectivity index (χ1v) is 7.16. The Morgan fingerprint density at radius 3 is 2.65 bits per heavy atom. The normalized spacial score (nSPS) is 29.2. The Bertz CT molecular complexity index is 359. The van der Waals surface area contributed by atoms with Crippen molar-refractivity contribution >= 4 is 5.95 Å². The Kier molecular flexibility index (Phi) is 3.08. The molecular weight excluding hydrogens is 210 g/mol. The quantitative estimate of drug-likeness (QED) is 0.861. The third kappa shape index (κ3) is 2.48.